The van der Waals surface area contributed by atoms with Gasteiger partial charge in [0.05, 0.1) is 13.0 Å². The highest BCUT2D eigenvalue weighted by Crippen LogP contribution is 2.16. The van der Waals surface area contributed by atoms with Crippen LogP contribution in [0.4, 0.5) is 0 Å². The van der Waals surface area contributed by atoms with Gasteiger partial charge in [0.15, 0.2) is 0 Å². The number of carbonyl (C=O) groups is 1. The van der Waals surface area contributed by atoms with Crippen molar-refractivity contribution in [1.29, 1.82) is 0 Å². The lowest BCUT2D eigenvalue weighted by atomic mass is 10.1. The Morgan fingerprint density at radius 1 is 1.50 bits per heavy atom. The topological polar surface area (TPSA) is 26.3 Å². The highest BCUT2D eigenvalue weighted by Gasteiger charge is 2.04. The zero-order valence-electron chi connectivity index (χ0n) is 8.34. The van der Waals surface area contributed by atoms with Crippen LogP contribution in [0.15, 0.2) is 18.2 Å². The summed E-state index contributed by atoms with van der Waals surface area (Å²) in [5, 5.41) is 0.720. The van der Waals surface area contributed by atoms with Crippen LogP contribution in [0, 0.1) is 6.92 Å². The van der Waals surface area contributed by atoms with E-state index in [0.717, 1.165) is 16.1 Å². The van der Waals surface area contributed by atoms with Gasteiger partial charge in [-0.1, -0.05) is 23.7 Å². The Morgan fingerprint density at radius 3 is 2.79 bits per heavy atom. The highest BCUT2D eigenvalue weighted by atomic mass is 35.5. The average Bonchev–Trinajstić information content (AvgIpc) is 2.12. The van der Waals surface area contributed by atoms with Crippen molar-refractivity contribution in [2.75, 3.05) is 6.61 Å². The van der Waals surface area contributed by atoms with Gasteiger partial charge < -0.3 is 4.74 Å². The lowest BCUT2D eigenvalue weighted by molar-refractivity contribution is -0.142. The standard InChI is InChI=1S/C11H13ClO2/c1-3-14-11(13)7-9-4-5-10(12)8(2)6-9/h4-6H,3,7H2,1-2H3. The lowest BCUT2D eigenvalue weighted by Crippen LogP contribution is -2.07. The Balaban J connectivity index is 2.68. The quantitative estimate of drug-likeness (QED) is 0.721. The van der Waals surface area contributed by atoms with E-state index in [4.69, 9.17) is 16.3 Å². The van der Waals surface area contributed by atoms with Crippen LogP contribution in [-0.4, -0.2) is 12.6 Å². The van der Waals surface area contributed by atoms with E-state index in [0.29, 0.717) is 13.0 Å². The summed E-state index contributed by atoms with van der Waals surface area (Å²) in [5.74, 6) is -0.200. The number of ether oxygens (including phenoxy) is 1. The molecule has 0 saturated carbocycles. The molecule has 0 bridgehead atoms. The minimum Gasteiger partial charge on any atom is -0.466 e. The molecule has 76 valence electrons. The number of esters is 1. The predicted molar refractivity (Wildman–Crippen MR) is 56.5 cm³/mol. The fourth-order valence-electron chi connectivity index (χ4n) is 1.20. The second-order valence-corrected chi connectivity index (χ2v) is 3.47. The third-order valence-electron chi connectivity index (χ3n) is 1.88. The van der Waals surface area contributed by atoms with Crippen molar-refractivity contribution in [2.24, 2.45) is 0 Å². The minimum atomic E-state index is -0.200. The maximum atomic E-state index is 11.2. The molecule has 0 N–H and O–H groups in total. The zero-order valence-corrected chi connectivity index (χ0v) is 9.10. The van der Waals surface area contributed by atoms with E-state index in [2.05, 4.69) is 0 Å². The molecule has 1 aromatic rings. The Hall–Kier alpha value is -1.02. The predicted octanol–water partition coefficient (Wildman–Crippen LogP) is 2.75. The van der Waals surface area contributed by atoms with E-state index >= 15 is 0 Å². The number of hydrogen-bond donors (Lipinski definition) is 0. The summed E-state index contributed by atoms with van der Waals surface area (Å²) >= 11 is 5.86. The zero-order chi connectivity index (χ0) is 10.6. The van der Waals surface area contributed by atoms with Crippen molar-refractivity contribution in [3.8, 4) is 0 Å². The van der Waals surface area contributed by atoms with Gasteiger partial charge in [0.1, 0.15) is 0 Å². The molecular formula is C11H13ClO2. The molecule has 0 fully saturated rings. The van der Waals surface area contributed by atoms with Gasteiger partial charge in [0.2, 0.25) is 0 Å². The van der Waals surface area contributed by atoms with Crippen LogP contribution in [0.2, 0.25) is 5.02 Å². The number of hydrogen-bond acceptors (Lipinski definition) is 2. The van der Waals surface area contributed by atoms with Gasteiger partial charge >= 0.3 is 5.97 Å². The van der Waals surface area contributed by atoms with Gasteiger partial charge in [0, 0.05) is 5.02 Å². The molecule has 0 aromatic heterocycles. The number of aryl methyl sites for hydroxylation is 1. The number of benzene rings is 1. The van der Waals surface area contributed by atoms with Gasteiger partial charge in [-0.15, -0.1) is 0 Å². The van der Waals surface area contributed by atoms with Crippen LogP contribution in [0.25, 0.3) is 0 Å². The van der Waals surface area contributed by atoms with Crippen LogP contribution in [0.1, 0.15) is 18.1 Å². The third-order valence-corrected chi connectivity index (χ3v) is 2.30. The first kappa shape index (κ1) is 11.1. The molecule has 1 aromatic carbocycles. The maximum Gasteiger partial charge on any atom is 0.310 e. The van der Waals surface area contributed by atoms with Gasteiger partial charge in [-0.3, -0.25) is 4.79 Å². The largest absolute Gasteiger partial charge is 0.466 e. The van der Waals surface area contributed by atoms with Crippen molar-refractivity contribution < 1.29 is 9.53 Å². The Morgan fingerprint density at radius 2 is 2.21 bits per heavy atom. The molecule has 0 amide bonds. The first-order chi connectivity index (χ1) is 6.63. The number of halogens is 1. The van der Waals surface area contributed by atoms with E-state index in [9.17, 15) is 4.79 Å². The maximum absolute atomic E-state index is 11.2. The van der Waals surface area contributed by atoms with E-state index in [1.807, 2.05) is 19.1 Å². The second-order valence-electron chi connectivity index (χ2n) is 3.07. The first-order valence-corrected chi connectivity index (χ1v) is 4.92. The van der Waals surface area contributed by atoms with E-state index in [-0.39, 0.29) is 5.97 Å². The van der Waals surface area contributed by atoms with E-state index in [1.165, 1.54) is 0 Å². The fraction of sp³-hybridized carbons (Fsp3) is 0.364. The first-order valence-electron chi connectivity index (χ1n) is 4.54. The number of carbonyl (C=O) groups excluding carboxylic acids is 1. The monoisotopic (exact) mass is 212 g/mol. The van der Waals surface area contributed by atoms with E-state index < -0.39 is 0 Å². The molecule has 0 unspecified atom stereocenters. The normalized spacial score (nSPS) is 9.93. The van der Waals surface area contributed by atoms with Crippen LogP contribution >= 0.6 is 11.6 Å². The Bertz CT molecular complexity index is 334. The van der Waals surface area contributed by atoms with Crippen molar-refractivity contribution >= 4 is 17.6 Å². The summed E-state index contributed by atoms with van der Waals surface area (Å²) in [7, 11) is 0. The number of rotatable bonds is 3. The molecule has 3 heteroatoms. The molecule has 0 radical (unpaired) electrons. The van der Waals surface area contributed by atoms with Crippen molar-refractivity contribution in [1.82, 2.24) is 0 Å². The van der Waals surface area contributed by atoms with Crippen molar-refractivity contribution in [3.63, 3.8) is 0 Å². The summed E-state index contributed by atoms with van der Waals surface area (Å²) in [6.45, 7) is 4.13. The van der Waals surface area contributed by atoms with Gasteiger partial charge in [0.25, 0.3) is 0 Å². The molecule has 0 atom stereocenters. The molecule has 0 aliphatic carbocycles. The lowest BCUT2D eigenvalue weighted by Gasteiger charge is -2.03. The fourth-order valence-corrected chi connectivity index (χ4v) is 1.31. The summed E-state index contributed by atoms with van der Waals surface area (Å²) in [4.78, 5) is 11.2. The van der Waals surface area contributed by atoms with Gasteiger partial charge in [-0.05, 0) is 31.0 Å². The highest BCUT2D eigenvalue weighted by molar-refractivity contribution is 6.31. The molecule has 1 rings (SSSR count). The Labute approximate surface area is 88.8 Å². The van der Waals surface area contributed by atoms with Crippen LogP contribution in [0.3, 0.4) is 0 Å². The SMILES string of the molecule is CCOC(=O)Cc1ccc(Cl)c(C)c1. The van der Waals surface area contributed by atoms with Crippen LogP contribution in [0.5, 0.6) is 0 Å². The molecule has 14 heavy (non-hydrogen) atoms. The average molecular weight is 213 g/mol. The van der Waals surface area contributed by atoms with Crippen LogP contribution in [-0.2, 0) is 16.0 Å². The second kappa shape index (κ2) is 5.01. The van der Waals surface area contributed by atoms with E-state index in [1.54, 1.807) is 13.0 Å². The molecular weight excluding hydrogens is 200 g/mol. The molecule has 0 spiro atoms. The smallest absolute Gasteiger partial charge is 0.310 e. The summed E-state index contributed by atoms with van der Waals surface area (Å²) in [6, 6.07) is 5.54. The molecule has 0 heterocycles. The summed E-state index contributed by atoms with van der Waals surface area (Å²) in [6.07, 6.45) is 0.311. The molecule has 2 nitrogen and oxygen atoms in total. The van der Waals surface area contributed by atoms with Crippen molar-refractivity contribution in [3.05, 3.63) is 34.3 Å². The van der Waals surface area contributed by atoms with Gasteiger partial charge in [-0.25, -0.2) is 0 Å². The molecule has 0 saturated heterocycles. The van der Waals surface area contributed by atoms with Crippen LogP contribution < -0.4 is 0 Å². The Kier molecular flexibility index (Phi) is 3.96. The summed E-state index contributed by atoms with van der Waals surface area (Å²) < 4.78 is 4.84. The molecule has 0 aliphatic heterocycles. The summed E-state index contributed by atoms with van der Waals surface area (Å²) in [5.41, 5.74) is 1.92. The van der Waals surface area contributed by atoms with Gasteiger partial charge in [-0.2, -0.15) is 0 Å². The van der Waals surface area contributed by atoms with Crippen molar-refractivity contribution in [2.45, 2.75) is 20.3 Å². The molecule has 0 aliphatic rings. The third kappa shape index (κ3) is 3.04. The minimum absolute atomic E-state index is 0.200.